The standard InChI is InChI=1S/C15H23NO4/c1-5-12(15(17)19-6-2)20-13-8-7-11(10(3)16)9-14(13)18-4/h7-10,12H,5-6,16H2,1-4H3/t10-,12?/m1/s1. The van der Waals surface area contributed by atoms with E-state index in [1.54, 1.807) is 20.1 Å². The van der Waals surface area contributed by atoms with Crippen LogP contribution < -0.4 is 15.2 Å². The number of rotatable bonds is 7. The number of hydrogen-bond donors (Lipinski definition) is 1. The highest BCUT2D eigenvalue weighted by molar-refractivity contribution is 5.75. The predicted octanol–water partition coefficient (Wildman–Crippen LogP) is 2.44. The highest BCUT2D eigenvalue weighted by Gasteiger charge is 2.21. The molecule has 1 aromatic rings. The van der Waals surface area contributed by atoms with E-state index >= 15 is 0 Å². The van der Waals surface area contributed by atoms with Crippen molar-refractivity contribution in [3.63, 3.8) is 0 Å². The molecule has 0 aliphatic carbocycles. The van der Waals surface area contributed by atoms with E-state index in [2.05, 4.69) is 0 Å². The van der Waals surface area contributed by atoms with Crippen molar-refractivity contribution in [1.82, 2.24) is 0 Å². The van der Waals surface area contributed by atoms with Gasteiger partial charge >= 0.3 is 5.97 Å². The Morgan fingerprint density at radius 2 is 2.00 bits per heavy atom. The maximum atomic E-state index is 11.7. The molecule has 0 radical (unpaired) electrons. The summed E-state index contributed by atoms with van der Waals surface area (Å²) in [6, 6.07) is 5.35. The highest BCUT2D eigenvalue weighted by atomic mass is 16.6. The molecule has 1 rings (SSSR count). The summed E-state index contributed by atoms with van der Waals surface area (Å²) in [5.74, 6) is 0.702. The number of ether oxygens (including phenoxy) is 3. The van der Waals surface area contributed by atoms with Crippen LogP contribution >= 0.6 is 0 Å². The Kier molecular flexibility index (Phi) is 6.31. The molecule has 0 aromatic heterocycles. The van der Waals surface area contributed by atoms with Crippen LogP contribution in [0.1, 0.15) is 38.8 Å². The molecule has 0 heterocycles. The van der Waals surface area contributed by atoms with Crippen LogP contribution in [0.5, 0.6) is 11.5 Å². The lowest BCUT2D eigenvalue weighted by Crippen LogP contribution is -2.28. The molecule has 2 N–H and O–H groups in total. The number of carbonyl (C=O) groups is 1. The topological polar surface area (TPSA) is 70.8 Å². The highest BCUT2D eigenvalue weighted by Crippen LogP contribution is 2.31. The Hall–Kier alpha value is -1.75. The van der Waals surface area contributed by atoms with Gasteiger partial charge in [-0.2, -0.15) is 0 Å². The lowest BCUT2D eigenvalue weighted by Gasteiger charge is -2.19. The molecule has 0 spiro atoms. The fourth-order valence-electron chi connectivity index (χ4n) is 1.75. The zero-order valence-electron chi connectivity index (χ0n) is 12.5. The van der Waals surface area contributed by atoms with Crippen LogP contribution in [0.3, 0.4) is 0 Å². The molecular formula is C15H23NO4. The summed E-state index contributed by atoms with van der Waals surface area (Å²) < 4.78 is 16.0. The van der Waals surface area contributed by atoms with E-state index in [9.17, 15) is 4.79 Å². The van der Waals surface area contributed by atoms with Gasteiger partial charge in [0.1, 0.15) is 0 Å². The Labute approximate surface area is 120 Å². The monoisotopic (exact) mass is 281 g/mol. The van der Waals surface area contributed by atoms with Crippen LogP contribution in [0, 0.1) is 0 Å². The number of hydrogen-bond acceptors (Lipinski definition) is 5. The Bertz CT molecular complexity index is 445. The second-order valence-corrected chi connectivity index (χ2v) is 4.47. The molecule has 20 heavy (non-hydrogen) atoms. The molecule has 2 atom stereocenters. The van der Waals surface area contributed by atoms with Gasteiger partial charge in [0.25, 0.3) is 0 Å². The fourth-order valence-corrected chi connectivity index (χ4v) is 1.75. The van der Waals surface area contributed by atoms with Crippen molar-refractivity contribution in [3.8, 4) is 11.5 Å². The molecule has 0 aliphatic rings. The summed E-state index contributed by atoms with van der Waals surface area (Å²) in [6.07, 6.45) is -0.109. The molecule has 5 nitrogen and oxygen atoms in total. The number of methoxy groups -OCH3 is 1. The minimum absolute atomic E-state index is 0.0926. The normalized spacial score (nSPS) is 13.4. The average molecular weight is 281 g/mol. The van der Waals surface area contributed by atoms with E-state index < -0.39 is 6.10 Å². The minimum Gasteiger partial charge on any atom is -0.493 e. The molecule has 0 fully saturated rings. The molecule has 1 unspecified atom stereocenters. The molecule has 0 aliphatic heterocycles. The predicted molar refractivity (Wildman–Crippen MR) is 76.9 cm³/mol. The molecule has 0 saturated heterocycles. The van der Waals surface area contributed by atoms with Gasteiger partial charge < -0.3 is 19.9 Å². The fraction of sp³-hybridized carbons (Fsp3) is 0.533. The van der Waals surface area contributed by atoms with Crippen molar-refractivity contribution >= 4 is 5.97 Å². The Morgan fingerprint density at radius 1 is 1.30 bits per heavy atom. The average Bonchev–Trinajstić information content (AvgIpc) is 2.44. The first-order valence-electron chi connectivity index (χ1n) is 6.80. The van der Waals surface area contributed by atoms with Crippen LogP contribution in [0.2, 0.25) is 0 Å². The van der Waals surface area contributed by atoms with Crippen LogP contribution in [-0.2, 0) is 9.53 Å². The van der Waals surface area contributed by atoms with E-state index in [1.807, 2.05) is 26.0 Å². The molecule has 112 valence electrons. The van der Waals surface area contributed by atoms with Gasteiger partial charge in [-0.05, 0) is 38.0 Å². The van der Waals surface area contributed by atoms with E-state index in [-0.39, 0.29) is 12.0 Å². The van der Waals surface area contributed by atoms with Crippen molar-refractivity contribution < 1.29 is 19.0 Å². The van der Waals surface area contributed by atoms with E-state index in [0.717, 1.165) is 5.56 Å². The third-order valence-electron chi connectivity index (χ3n) is 2.90. The molecular weight excluding hydrogens is 258 g/mol. The van der Waals surface area contributed by atoms with E-state index in [1.165, 1.54) is 0 Å². The summed E-state index contributed by atoms with van der Waals surface area (Å²) in [6.45, 7) is 5.86. The maximum Gasteiger partial charge on any atom is 0.347 e. The van der Waals surface area contributed by atoms with Gasteiger partial charge in [0.2, 0.25) is 0 Å². The lowest BCUT2D eigenvalue weighted by molar-refractivity contribution is -0.151. The molecule has 5 heteroatoms. The maximum absolute atomic E-state index is 11.7. The SMILES string of the molecule is CCOC(=O)C(CC)Oc1ccc([C@@H](C)N)cc1OC. The van der Waals surface area contributed by atoms with Gasteiger partial charge in [-0.25, -0.2) is 4.79 Å². The zero-order valence-corrected chi connectivity index (χ0v) is 12.5. The van der Waals surface area contributed by atoms with Crippen LogP contribution in [0.4, 0.5) is 0 Å². The third kappa shape index (κ3) is 4.13. The largest absolute Gasteiger partial charge is 0.493 e. The summed E-state index contributed by atoms with van der Waals surface area (Å²) in [7, 11) is 1.55. The van der Waals surface area contributed by atoms with Crippen molar-refractivity contribution in [1.29, 1.82) is 0 Å². The van der Waals surface area contributed by atoms with Gasteiger partial charge in [-0.1, -0.05) is 13.0 Å². The molecule has 0 bridgehead atoms. The number of carbonyl (C=O) groups excluding carboxylic acids is 1. The Balaban J connectivity index is 2.92. The minimum atomic E-state index is -0.634. The number of esters is 1. The van der Waals surface area contributed by atoms with Gasteiger partial charge in [0.05, 0.1) is 13.7 Å². The second kappa shape index (κ2) is 7.75. The van der Waals surface area contributed by atoms with Crippen molar-refractivity contribution in [2.24, 2.45) is 5.73 Å². The first-order valence-corrected chi connectivity index (χ1v) is 6.80. The second-order valence-electron chi connectivity index (χ2n) is 4.47. The van der Waals surface area contributed by atoms with E-state index in [0.29, 0.717) is 24.5 Å². The summed E-state index contributed by atoms with van der Waals surface area (Å²) in [5, 5.41) is 0. The van der Waals surface area contributed by atoms with Crippen LogP contribution in [-0.4, -0.2) is 25.8 Å². The smallest absolute Gasteiger partial charge is 0.347 e. The summed E-state index contributed by atoms with van der Waals surface area (Å²) in [4.78, 5) is 11.7. The Morgan fingerprint density at radius 3 is 2.50 bits per heavy atom. The third-order valence-corrected chi connectivity index (χ3v) is 2.90. The van der Waals surface area contributed by atoms with Crippen molar-refractivity contribution in [2.45, 2.75) is 39.3 Å². The van der Waals surface area contributed by atoms with Gasteiger partial charge in [0, 0.05) is 6.04 Å². The molecule has 0 amide bonds. The first-order chi connectivity index (χ1) is 9.53. The first kappa shape index (κ1) is 16.3. The van der Waals surface area contributed by atoms with Crippen molar-refractivity contribution in [3.05, 3.63) is 23.8 Å². The number of nitrogens with two attached hydrogens (primary N) is 1. The van der Waals surface area contributed by atoms with Crippen LogP contribution in [0.15, 0.2) is 18.2 Å². The summed E-state index contributed by atoms with van der Waals surface area (Å²) >= 11 is 0. The van der Waals surface area contributed by atoms with Gasteiger partial charge in [-0.3, -0.25) is 0 Å². The molecule has 1 aromatic carbocycles. The number of benzene rings is 1. The van der Waals surface area contributed by atoms with Gasteiger partial charge in [-0.15, -0.1) is 0 Å². The van der Waals surface area contributed by atoms with Gasteiger partial charge in [0.15, 0.2) is 17.6 Å². The molecule has 0 saturated carbocycles. The quantitative estimate of drug-likeness (QED) is 0.777. The van der Waals surface area contributed by atoms with Crippen LogP contribution in [0.25, 0.3) is 0 Å². The lowest BCUT2D eigenvalue weighted by atomic mass is 10.1. The zero-order chi connectivity index (χ0) is 15.1. The van der Waals surface area contributed by atoms with E-state index in [4.69, 9.17) is 19.9 Å². The van der Waals surface area contributed by atoms with Crippen molar-refractivity contribution in [2.75, 3.05) is 13.7 Å². The summed E-state index contributed by atoms with van der Waals surface area (Å²) in [5.41, 5.74) is 6.78.